The highest BCUT2D eigenvalue weighted by molar-refractivity contribution is 4.66. The zero-order chi connectivity index (χ0) is 10.1. The second kappa shape index (κ2) is 8.18. The average molecular weight is 204 g/mol. The molecule has 0 aromatic heterocycles. The van der Waals surface area contributed by atoms with Crippen LogP contribution in [0, 0.1) is 0 Å². The van der Waals surface area contributed by atoms with E-state index >= 15 is 0 Å². The van der Waals surface area contributed by atoms with Crippen molar-refractivity contribution in [3.05, 3.63) is 0 Å². The standard InChI is InChI=1S/C11H21FO2/c12-7-5-3-1-2-4-6-8-13-9-11-10-14-11/h11H,1-10H2. The van der Waals surface area contributed by atoms with Gasteiger partial charge in [-0.15, -0.1) is 0 Å². The van der Waals surface area contributed by atoms with Crippen molar-refractivity contribution in [1.82, 2.24) is 0 Å². The van der Waals surface area contributed by atoms with Gasteiger partial charge in [-0.2, -0.15) is 0 Å². The highest BCUT2D eigenvalue weighted by atomic mass is 19.1. The van der Waals surface area contributed by atoms with E-state index in [1.54, 1.807) is 0 Å². The Kier molecular flexibility index (Phi) is 6.97. The Morgan fingerprint density at radius 2 is 1.71 bits per heavy atom. The number of unbranched alkanes of at least 4 members (excludes halogenated alkanes) is 5. The van der Waals surface area contributed by atoms with Crippen molar-refractivity contribution in [3.8, 4) is 0 Å². The second-order valence-corrected chi connectivity index (χ2v) is 3.84. The van der Waals surface area contributed by atoms with Gasteiger partial charge in [-0.05, 0) is 12.8 Å². The van der Waals surface area contributed by atoms with Gasteiger partial charge in [0.25, 0.3) is 0 Å². The number of ether oxygens (including phenoxy) is 2. The first-order chi connectivity index (χ1) is 6.93. The predicted molar refractivity (Wildman–Crippen MR) is 54.2 cm³/mol. The molecule has 0 N–H and O–H groups in total. The lowest BCUT2D eigenvalue weighted by Crippen LogP contribution is -2.02. The molecule has 14 heavy (non-hydrogen) atoms. The predicted octanol–water partition coefficient (Wildman–Crippen LogP) is 2.71. The van der Waals surface area contributed by atoms with Gasteiger partial charge in [0.2, 0.25) is 0 Å². The number of rotatable bonds is 10. The molecule has 1 heterocycles. The topological polar surface area (TPSA) is 21.8 Å². The van der Waals surface area contributed by atoms with Crippen molar-refractivity contribution < 1.29 is 13.9 Å². The Bertz CT molecular complexity index is 126. The number of halogens is 1. The summed E-state index contributed by atoms with van der Waals surface area (Å²) in [7, 11) is 0. The molecule has 0 aromatic carbocycles. The summed E-state index contributed by atoms with van der Waals surface area (Å²) in [5.41, 5.74) is 0. The summed E-state index contributed by atoms with van der Waals surface area (Å²) in [6.07, 6.45) is 6.86. The molecule has 0 saturated carbocycles. The fourth-order valence-electron chi connectivity index (χ4n) is 1.38. The Labute approximate surface area is 85.8 Å². The smallest absolute Gasteiger partial charge is 0.104 e. The van der Waals surface area contributed by atoms with Gasteiger partial charge in [-0.1, -0.05) is 25.7 Å². The Morgan fingerprint density at radius 1 is 1.07 bits per heavy atom. The third-order valence-electron chi connectivity index (χ3n) is 2.38. The van der Waals surface area contributed by atoms with Crippen LogP contribution in [0.2, 0.25) is 0 Å². The first kappa shape index (κ1) is 11.9. The summed E-state index contributed by atoms with van der Waals surface area (Å²) in [4.78, 5) is 0. The number of epoxide rings is 1. The fraction of sp³-hybridized carbons (Fsp3) is 1.00. The minimum atomic E-state index is -0.162. The zero-order valence-electron chi connectivity index (χ0n) is 8.84. The average Bonchev–Trinajstić information content (AvgIpc) is 2.99. The van der Waals surface area contributed by atoms with Gasteiger partial charge < -0.3 is 9.47 Å². The minimum Gasteiger partial charge on any atom is -0.379 e. The lowest BCUT2D eigenvalue weighted by Gasteiger charge is -2.02. The first-order valence-corrected chi connectivity index (χ1v) is 5.69. The van der Waals surface area contributed by atoms with Crippen LogP contribution in [0.5, 0.6) is 0 Å². The third kappa shape index (κ3) is 7.27. The Morgan fingerprint density at radius 3 is 2.36 bits per heavy atom. The maximum Gasteiger partial charge on any atom is 0.104 e. The van der Waals surface area contributed by atoms with Crippen molar-refractivity contribution in [1.29, 1.82) is 0 Å². The monoisotopic (exact) mass is 204 g/mol. The molecule has 1 atom stereocenters. The minimum absolute atomic E-state index is 0.162. The van der Waals surface area contributed by atoms with Gasteiger partial charge in [0.15, 0.2) is 0 Å². The molecule has 1 aliphatic rings. The molecule has 0 bridgehead atoms. The molecular weight excluding hydrogens is 183 g/mol. The van der Waals surface area contributed by atoms with Crippen LogP contribution in [0.25, 0.3) is 0 Å². The van der Waals surface area contributed by atoms with Crippen LogP contribution in [0.15, 0.2) is 0 Å². The van der Waals surface area contributed by atoms with E-state index in [1.807, 2.05) is 0 Å². The van der Waals surface area contributed by atoms with Crippen LogP contribution in [0.3, 0.4) is 0 Å². The highest BCUT2D eigenvalue weighted by Gasteiger charge is 2.21. The lowest BCUT2D eigenvalue weighted by atomic mass is 10.1. The van der Waals surface area contributed by atoms with Gasteiger partial charge in [0, 0.05) is 6.61 Å². The van der Waals surface area contributed by atoms with E-state index in [0.717, 1.165) is 45.5 Å². The van der Waals surface area contributed by atoms with Crippen molar-refractivity contribution >= 4 is 0 Å². The molecule has 1 fully saturated rings. The molecule has 0 spiro atoms. The highest BCUT2D eigenvalue weighted by Crippen LogP contribution is 2.09. The third-order valence-corrected chi connectivity index (χ3v) is 2.38. The van der Waals surface area contributed by atoms with E-state index in [4.69, 9.17) is 9.47 Å². The van der Waals surface area contributed by atoms with Gasteiger partial charge >= 0.3 is 0 Å². The normalized spacial score (nSPS) is 19.9. The summed E-state index contributed by atoms with van der Waals surface area (Å²) >= 11 is 0. The molecule has 0 amide bonds. The largest absolute Gasteiger partial charge is 0.379 e. The summed E-state index contributed by atoms with van der Waals surface area (Å²) < 4.78 is 22.1. The summed E-state index contributed by atoms with van der Waals surface area (Å²) in [5, 5.41) is 0. The molecular formula is C11H21FO2. The van der Waals surface area contributed by atoms with E-state index in [9.17, 15) is 4.39 Å². The maximum absolute atomic E-state index is 11.7. The van der Waals surface area contributed by atoms with E-state index in [-0.39, 0.29) is 6.67 Å². The van der Waals surface area contributed by atoms with Crippen molar-refractivity contribution in [2.24, 2.45) is 0 Å². The van der Waals surface area contributed by atoms with Crippen molar-refractivity contribution in [2.45, 2.75) is 44.6 Å². The molecule has 0 aromatic rings. The van der Waals surface area contributed by atoms with E-state index in [1.165, 1.54) is 12.8 Å². The molecule has 1 aliphatic heterocycles. The zero-order valence-corrected chi connectivity index (χ0v) is 8.84. The van der Waals surface area contributed by atoms with E-state index in [0.29, 0.717) is 6.10 Å². The van der Waals surface area contributed by atoms with Crippen molar-refractivity contribution in [3.63, 3.8) is 0 Å². The first-order valence-electron chi connectivity index (χ1n) is 5.69. The van der Waals surface area contributed by atoms with Gasteiger partial charge in [0.1, 0.15) is 6.10 Å². The second-order valence-electron chi connectivity index (χ2n) is 3.84. The van der Waals surface area contributed by atoms with E-state index < -0.39 is 0 Å². The van der Waals surface area contributed by atoms with E-state index in [2.05, 4.69) is 0 Å². The van der Waals surface area contributed by atoms with Crippen LogP contribution in [-0.4, -0.2) is 32.6 Å². The van der Waals surface area contributed by atoms with Gasteiger partial charge in [-0.3, -0.25) is 4.39 Å². The van der Waals surface area contributed by atoms with Crippen molar-refractivity contribution in [2.75, 3.05) is 26.5 Å². The summed E-state index contributed by atoms with van der Waals surface area (Å²) in [6.45, 7) is 2.33. The lowest BCUT2D eigenvalue weighted by molar-refractivity contribution is 0.113. The van der Waals surface area contributed by atoms with Gasteiger partial charge in [0.05, 0.1) is 19.9 Å². The van der Waals surface area contributed by atoms with Gasteiger partial charge in [-0.25, -0.2) is 0 Å². The Hall–Kier alpha value is -0.150. The van der Waals surface area contributed by atoms with Crippen LogP contribution in [0.1, 0.15) is 38.5 Å². The maximum atomic E-state index is 11.7. The summed E-state index contributed by atoms with van der Waals surface area (Å²) in [5.74, 6) is 0. The molecule has 1 saturated heterocycles. The Balaban J connectivity index is 1.63. The molecule has 84 valence electrons. The fourth-order valence-corrected chi connectivity index (χ4v) is 1.38. The summed E-state index contributed by atoms with van der Waals surface area (Å²) in [6, 6.07) is 0. The molecule has 0 radical (unpaired) electrons. The number of hydrogen-bond donors (Lipinski definition) is 0. The molecule has 0 aliphatic carbocycles. The van der Waals surface area contributed by atoms with Crippen LogP contribution in [-0.2, 0) is 9.47 Å². The SMILES string of the molecule is FCCCCCCCCOCC1CO1. The molecule has 1 unspecified atom stereocenters. The number of hydrogen-bond acceptors (Lipinski definition) is 2. The van der Waals surface area contributed by atoms with Crippen LogP contribution < -0.4 is 0 Å². The molecule has 2 nitrogen and oxygen atoms in total. The molecule has 1 rings (SSSR count). The van der Waals surface area contributed by atoms with Crippen LogP contribution >= 0.6 is 0 Å². The molecule has 3 heteroatoms. The number of alkyl halides is 1. The van der Waals surface area contributed by atoms with Crippen LogP contribution in [0.4, 0.5) is 4.39 Å². The quantitative estimate of drug-likeness (QED) is 0.403.